The number of hydrogen-bond donors (Lipinski definition) is 1. The minimum absolute atomic E-state index is 0.106. The van der Waals surface area contributed by atoms with Crippen LogP contribution in [-0.2, 0) is 11.2 Å². The van der Waals surface area contributed by atoms with Crippen molar-refractivity contribution in [3.05, 3.63) is 29.1 Å². The number of rotatable bonds is 4. The number of ether oxygens (including phenoxy) is 1. The van der Waals surface area contributed by atoms with E-state index < -0.39 is 30.2 Å². The van der Waals surface area contributed by atoms with Crippen molar-refractivity contribution in [1.29, 1.82) is 0 Å². The molecule has 0 saturated carbocycles. The van der Waals surface area contributed by atoms with Crippen LogP contribution in [0.2, 0.25) is 0 Å². The zero-order valence-electron chi connectivity index (χ0n) is 8.34. The number of carboxylic acid groups (broad SMARTS) is 1. The highest BCUT2D eigenvalue weighted by Crippen LogP contribution is 2.33. The molecule has 1 aromatic carbocycles. The predicted octanol–water partition coefficient (Wildman–Crippen LogP) is 2.40. The van der Waals surface area contributed by atoms with Crippen molar-refractivity contribution in [2.75, 3.05) is 7.11 Å². The smallest absolute Gasteiger partial charge is 0.307 e. The van der Waals surface area contributed by atoms with E-state index in [4.69, 9.17) is 5.11 Å². The van der Waals surface area contributed by atoms with E-state index in [0.717, 1.165) is 13.2 Å². The molecule has 0 aromatic heterocycles. The first-order valence-electron chi connectivity index (χ1n) is 4.32. The topological polar surface area (TPSA) is 46.5 Å². The molecule has 1 N–H and O–H groups in total. The first kappa shape index (κ1) is 12.4. The summed E-state index contributed by atoms with van der Waals surface area (Å²) in [6.07, 6.45) is -3.49. The summed E-state index contributed by atoms with van der Waals surface area (Å²) in [6.45, 7) is 0. The lowest BCUT2D eigenvalue weighted by atomic mass is 10.1. The van der Waals surface area contributed by atoms with Gasteiger partial charge in [-0.25, -0.2) is 13.2 Å². The largest absolute Gasteiger partial charge is 0.496 e. The fourth-order valence-corrected chi connectivity index (χ4v) is 1.38. The van der Waals surface area contributed by atoms with E-state index in [1.54, 1.807) is 0 Å². The summed E-state index contributed by atoms with van der Waals surface area (Å²) in [4.78, 5) is 10.5. The third-order valence-corrected chi connectivity index (χ3v) is 1.94. The van der Waals surface area contributed by atoms with E-state index in [1.165, 1.54) is 0 Å². The molecule has 0 heterocycles. The first-order chi connectivity index (χ1) is 7.45. The monoisotopic (exact) mass is 234 g/mol. The van der Waals surface area contributed by atoms with Gasteiger partial charge in [0.1, 0.15) is 11.6 Å². The Morgan fingerprint density at radius 1 is 1.50 bits per heavy atom. The van der Waals surface area contributed by atoms with E-state index in [-0.39, 0.29) is 11.3 Å². The molecule has 0 unspecified atom stereocenters. The Morgan fingerprint density at radius 3 is 2.56 bits per heavy atom. The fraction of sp³-hybridized carbons (Fsp3) is 0.300. The Morgan fingerprint density at radius 2 is 2.12 bits per heavy atom. The van der Waals surface area contributed by atoms with E-state index in [2.05, 4.69) is 4.74 Å². The van der Waals surface area contributed by atoms with E-state index in [1.807, 2.05) is 0 Å². The second-order valence-electron chi connectivity index (χ2n) is 3.06. The van der Waals surface area contributed by atoms with Gasteiger partial charge in [0.05, 0.1) is 19.1 Å². The van der Waals surface area contributed by atoms with Gasteiger partial charge in [0.15, 0.2) is 0 Å². The number of methoxy groups -OCH3 is 1. The van der Waals surface area contributed by atoms with Crippen LogP contribution in [0.4, 0.5) is 13.2 Å². The SMILES string of the molecule is COc1c(CC(=O)O)cc(F)cc1C(F)F. The minimum atomic E-state index is -2.92. The minimum Gasteiger partial charge on any atom is -0.496 e. The lowest BCUT2D eigenvalue weighted by molar-refractivity contribution is -0.136. The number of benzene rings is 1. The number of alkyl halides is 2. The Labute approximate surface area is 89.5 Å². The van der Waals surface area contributed by atoms with E-state index in [0.29, 0.717) is 6.07 Å². The van der Waals surface area contributed by atoms with Gasteiger partial charge in [-0.3, -0.25) is 4.79 Å². The molecular formula is C10H9F3O3. The molecule has 1 aromatic rings. The maximum Gasteiger partial charge on any atom is 0.307 e. The molecule has 0 fully saturated rings. The third-order valence-electron chi connectivity index (χ3n) is 1.94. The molecule has 0 atom stereocenters. The molecule has 0 radical (unpaired) electrons. The van der Waals surface area contributed by atoms with E-state index >= 15 is 0 Å². The van der Waals surface area contributed by atoms with E-state index in [9.17, 15) is 18.0 Å². The molecule has 0 saturated heterocycles. The summed E-state index contributed by atoms with van der Waals surface area (Å²) in [6, 6.07) is 1.51. The average Bonchev–Trinajstić information content (AvgIpc) is 2.15. The van der Waals surface area contributed by atoms with Crippen LogP contribution in [0.25, 0.3) is 0 Å². The fourth-order valence-electron chi connectivity index (χ4n) is 1.38. The summed E-state index contributed by atoms with van der Waals surface area (Å²) in [7, 11) is 1.13. The molecular weight excluding hydrogens is 225 g/mol. The van der Waals surface area contributed by atoms with Gasteiger partial charge in [-0.15, -0.1) is 0 Å². The molecule has 0 bridgehead atoms. The van der Waals surface area contributed by atoms with Crippen molar-refractivity contribution >= 4 is 5.97 Å². The van der Waals surface area contributed by atoms with Crippen molar-refractivity contribution in [3.8, 4) is 5.75 Å². The Balaban J connectivity index is 3.29. The summed E-state index contributed by atoms with van der Waals surface area (Å²) in [5.74, 6) is -2.43. The highest BCUT2D eigenvalue weighted by atomic mass is 19.3. The summed E-state index contributed by atoms with van der Waals surface area (Å²) in [5, 5.41) is 8.54. The highest BCUT2D eigenvalue weighted by molar-refractivity contribution is 5.71. The van der Waals surface area contributed by atoms with Crippen LogP contribution in [0.5, 0.6) is 5.75 Å². The predicted molar refractivity (Wildman–Crippen MR) is 49.2 cm³/mol. The van der Waals surface area contributed by atoms with Crippen LogP contribution < -0.4 is 4.74 Å². The molecule has 1 rings (SSSR count). The van der Waals surface area contributed by atoms with Gasteiger partial charge in [0.2, 0.25) is 0 Å². The Hall–Kier alpha value is -1.72. The summed E-state index contributed by atoms with van der Waals surface area (Å²) < 4.78 is 42.7. The maximum absolute atomic E-state index is 13.0. The van der Waals surface area contributed by atoms with Gasteiger partial charge >= 0.3 is 5.97 Å². The van der Waals surface area contributed by atoms with Crippen molar-refractivity contribution in [3.63, 3.8) is 0 Å². The normalized spacial score (nSPS) is 10.6. The Kier molecular flexibility index (Phi) is 3.76. The molecule has 0 aliphatic rings. The van der Waals surface area contributed by atoms with Gasteiger partial charge in [-0.05, 0) is 12.1 Å². The van der Waals surface area contributed by atoms with Gasteiger partial charge in [0, 0.05) is 5.56 Å². The molecule has 3 nitrogen and oxygen atoms in total. The van der Waals surface area contributed by atoms with Crippen LogP contribution in [-0.4, -0.2) is 18.2 Å². The molecule has 0 aliphatic carbocycles. The first-order valence-corrected chi connectivity index (χ1v) is 4.32. The lowest BCUT2D eigenvalue weighted by Gasteiger charge is -2.12. The summed E-state index contributed by atoms with van der Waals surface area (Å²) in [5.41, 5.74) is -0.746. The molecule has 0 amide bonds. The lowest BCUT2D eigenvalue weighted by Crippen LogP contribution is -2.05. The third kappa shape index (κ3) is 2.65. The number of carbonyl (C=O) groups is 1. The van der Waals surface area contributed by atoms with Gasteiger partial charge in [0.25, 0.3) is 6.43 Å². The molecule has 0 spiro atoms. The number of hydrogen-bond acceptors (Lipinski definition) is 2. The molecule has 6 heteroatoms. The van der Waals surface area contributed by atoms with Crippen LogP contribution in [0, 0.1) is 5.82 Å². The number of halogens is 3. The van der Waals surface area contributed by atoms with Crippen molar-refractivity contribution in [2.24, 2.45) is 0 Å². The molecule has 88 valence electrons. The van der Waals surface area contributed by atoms with Crippen molar-refractivity contribution < 1.29 is 27.8 Å². The molecule has 0 aliphatic heterocycles. The van der Waals surface area contributed by atoms with Crippen molar-refractivity contribution in [2.45, 2.75) is 12.8 Å². The standard InChI is InChI=1S/C10H9F3O3/c1-16-9-5(3-8(14)15)2-6(11)4-7(9)10(12)13/h2,4,10H,3H2,1H3,(H,14,15). The van der Waals surface area contributed by atoms with Crippen LogP contribution in [0.1, 0.15) is 17.6 Å². The van der Waals surface area contributed by atoms with Gasteiger partial charge in [-0.1, -0.05) is 0 Å². The zero-order valence-corrected chi connectivity index (χ0v) is 8.34. The summed E-state index contributed by atoms with van der Waals surface area (Å²) >= 11 is 0. The van der Waals surface area contributed by atoms with Crippen LogP contribution in [0.15, 0.2) is 12.1 Å². The van der Waals surface area contributed by atoms with Crippen LogP contribution >= 0.6 is 0 Å². The second kappa shape index (κ2) is 4.87. The number of aliphatic carboxylic acids is 1. The second-order valence-corrected chi connectivity index (χ2v) is 3.06. The molecule has 16 heavy (non-hydrogen) atoms. The van der Waals surface area contributed by atoms with Crippen molar-refractivity contribution in [1.82, 2.24) is 0 Å². The maximum atomic E-state index is 13.0. The van der Waals surface area contributed by atoms with Gasteiger partial charge < -0.3 is 9.84 Å². The van der Waals surface area contributed by atoms with Gasteiger partial charge in [-0.2, -0.15) is 0 Å². The Bertz CT molecular complexity index is 405. The quantitative estimate of drug-likeness (QED) is 0.870. The average molecular weight is 234 g/mol. The number of carboxylic acids is 1. The highest BCUT2D eigenvalue weighted by Gasteiger charge is 2.20. The zero-order chi connectivity index (χ0) is 12.3. The van der Waals surface area contributed by atoms with Crippen LogP contribution in [0.3, 0.4) is 0 Å².